The lowest BCUT2D eigenvalue weighted by molar-refractivity contribution is -0.153. The summed E-state index contributed by atoms with van der Waals surface area (Å²) in [6.45, 7) is 5.78. The summed E-state index contributed by atoms with van der Waals surface area (Å²) in [5.74, 6) is -1.10. The van der Waals surface area contributed by atoms with Gasteiger partial charge in [-0.1, -0.05) is 32.4 Å². The van der Waals surface area contributed by atoms with Crippen molar-refractivity contribution in [1.29, 1.82) is 0 Å². The molecule has 2 bridgehead atoms. The number of unbranched alkanes of at least 4 members (excludes halogenated alkanes) is 1. The zero-order valence-corrected chi connectivity index (χ0v) is 12.7. The van der Waals surface area contributed by atoms with Gasteiger partial charge in [0.15, 0.2) is 0 Å². The number of carbonyl (C=O) groups is 2. The first-order valence-electron chi connectivity index (χ1n) is 7.95. The molecule has 3 heterocycles. The van der Waals surface area contributed by atoms with Crippen LogP contribution in [0.4, 0.5) is 0 Å². The molecule has 4 atom stereocenters. The van der Waals surface area contributed by atoms with Gasteiger partial charge in [-0.15, -0.1) is 0 Å². The summed E-state index contributed by atoms with van der Waals surface area (Å²) in [4.78, 5) is 26.8. The Bertz CT molecular complexity index is 475. The van der Waals surface area contributed by atoms with Crippen molar-refractivity contribution in [2.24, 2.45) is 11.8 Å². The first-order valence-corrected chi connectivity index (χ1v) is 7.95. The Morgan fingerprint density at radius 1 is 1.48 bits per heavy atom. The number of fused-ring (bicyclic) bond motifs is 1. The quantitative estimate of drug-likeness (QED) is 0.550. The molecule has 0 aromatic heterocycles. The van der Waals surface area contributed by atoms with Crippen molar-refractivity contribution in [2.75, 3.05) is 19.7 Å². The van der Waals surface area contributed by atoms with E-state index in [1.165, 1.54) is 0 Å². The monoisotopic (exact) mass is 293 g/mol. The molecule has 116 valence electrons. The van der Waals surface area contributed by atoms with Crippen LogP contribution < -0.4 is 0 Å². The summed E-state index contributed by atoms with van der Waals surface area (Å²) < 4.78 is 11.3. The molecule has 0 aromatic rings. The summed E-state index contributed by atoms with van der Waals surface area (Å²) in [6.07, 6.45) is 6.42. The molecule has 3 aliphatic heterocycles. The fraction of sp³-hybridized carbons (Fsp3) is 0.750. The molecule has 1 amide bonds. The number of hydrogen-bond donors (Lipinski definition) is 0. The standard InChI is InChI=1S/C16H23NO4/c1-3-5-8-17-10-16-7-6-11(21-16)12(13(16)14(17)18)15(19)20-9-4-2/h6-7,11-13H,3-5,8-10H2,1-2H3/t11-,12+,13-,16+/m1/s1. The van der Waals surface area contributed by atoms with E-state index in [4.69, 9.17) is 9.47 Å². The van der Waals surface area contributed by atoms with Crippen molar-refractivity contribution in [1.82, 2.24) is 4.90 Å². The Labute approximate surface area is 125 Å². The van der Waals surface area contributed by atoms with Crippen LogP contribution in [0, 0.1) is 11.8 Å². The number of hydrogen-bond acceptors (Lipinski definition) is 4. The fourth-order valence-corrected chi connectivity index (χ4v) is 3.68. The number of ether oxygens (including phenoxy) is 2. The van der Waals surface area contributed by atoms with E-state index in [9.17, 15) is 9.59 Å². The van der Waals surface area contributed by atoms with Crippen LogP contribution in [0.5, 0.6) is 0 Å². The maximum atomic E-state index is 12.7. The minimum absolute atomic E-state index is 0.0498. The third kappa shape index (κ3) is 2.18. The van der Waals surface area contributed by atoms with Gasteiger partial charge < -0.3 is 14.4 Å². The van der Waals surface area contributed by atoms with Gasteiger partial charge in [0.1, 0.15) is 11.5 Å². The molecule has 3 aliphatic rings. The van der Waals surface area contributed by atoms with E-state index >= 15 is 0 Å². The predicted molar refractivity (Wildman–Crippen MR) is 76.5 cm³/mol. The van der Waals surface area contributed by atoms with Crippen LogP contribution in [0.1, 0.15) is 33.1 Å². The molecule has 0 unspecified atom stereocenters. The van der Waals surface area contributed by atoms with Crippen LogP contribution in [0.2, 0.25) is 0 Å². The van der Waals surface area contributed by atoms with Crippen LogP contribution in [0.3, 0.4) is 0 Å². The summed E-state index contributed by atoms with van der Waals surface area (Å²) in [7, 11) is 0. The van der Waals surface area contributed by atoms with Crippen LogP contribution in [0.15, 0.2) is 12.2 Å². The van der Waals surface area contributed by atoms with Crippen LogP contribution in [-0.4, -0.2) is 48.2 Å². The first-order chi connectivity index (χ1) is 10.1. The molecule has 2 fully saturated rings. The summed E-state index contributed by atoms with van der Waals surface area (Å²) in [5, 5.41) is 0. The molecular weight excluding hydrogens is 270 g/mol. The topological polar surface area (TPSA) is 55.8 Å². The summed E-state index contributed by atoms with van der Waals surface area (Å²) >= 11 is 0. The second-order valence-electron chi connectivity index (χ2n) is 6.18. The smallest absolute Gasteiger partial charge is 0.312 e. The zero-order valence-electron chi connectivity index (χ0n) is 12.7. The van der Waals surface area contributed by atoms with Crippen molar-refractivity contribution >= 4 is 11.9 Å². The van der Waals surface area contributed by atoms with Gasteiger partial charge in [-0.3, -0.25) is 9.59 Å². The predicted octanol–water partition coefficient (Wildman–Crippen LogP) is 1.52. The minimum atomic E-state index is -0.592. The Morgan fingerprint density at radius 2 is 2.29 bits per heavy atom. The number of carbonyl (C=O) groups excluding carboxylic acids is 2. The van der Waals surface area contributed by atoms with Crippen molar-refractivity contribution < 1.29 is 19.1 Å². The molecule has 2 saturated heterocycles. The van der Waals surface area contributed by atoms with Crippen LogP contribution >= 0.6 is 0 Å². The Balaban J connectivity index is 1.78. The van der Waals surface area contributed by atoms with Gasteiger partial charge in [0.25, 0.3) is 0 Å². The molecule has 0 aliphatic carbocycles. The lowest BCUT2D eigenvalue weighted by atomic mass is 9.77. The van der Waals surface area contributed by atoms with Gasteiger partial charge in [0.05, 0.1) is 25.2 Å². The normalized spacial score (nSPS) is 36.4. The average Bonchev–Trinajstić information content (AvgIpc) is 3.11. The van der Waals surface area contributed by atoms with Crippen LogP contribution in [0.25, 0.3) is 0 Å². The number of esters is 1. The molecule has 5 nitrogen and oxygen atoms in total. The number of nitrogens with zero attached hydrogens (tertiary/aromatic N) is 1. The molecule has 0 aromatic carbocycles. The molecule has 21 heavy (non-hydrogen) atoms. The third-order valence-corrected chi connectivity index (χ3v) is 4.68. The summed E-state index contributed by atoms with van der Waals surface area (Å²) in [6, 6.07) is 0. The minimum Gasteiger partial charge on any atom is -0.465 e. The Kier molecular flexibility index (Phi) is 3.78. The molecule has 0 saturated carbocycles. The Hall–Kier alpha value is -1.36. The van der Waals surface area contributed by atoms with Crippen molar-refractivity contribution in [3.05, 3.63) is 12.2 Å². The number of amides is 1. The maximum Gasteiger partial charge on any atom is 0.312 e. The highest BCUT2D eigenvalue weighted by atomic mass is 16.6. The second kappa shape index (κ2) is 5.44. The number of rotatable bonds is 6. The van der Waals surface area contributed by atoms with Gasteiger partial charge in [-0.05, 0) is 12.8 Å². The van der Waals surface area contributed by atoms with E-state index in [2.05, 4.69) is 6.92 Å². The molecule has 0 N–H and O–H groups in total. The second-order valence-corrected chi connectivity index (χ2v) is 6.18. The van der Waals surface area contributed by atoms with Crippen molar-refractivity contribution in [3.63, 3.8) is 0 Å². The van der Waals surface area contributed by atoms with E-state index in [0.717, 1.165) is 25.8 Å². The lowest BCUT2D eigenvalue weighted by Crippen LogP contribution is -2.40. The van der Waals surface area contributed by atoms with E-state index < -0.39 is 17.4 Å². The fourth-order valence-electron chi connectivity index (χ4n) is 3.68. The lowest BCUT2D eigenvalue weighted by Gasteiger charge is -2.22. The van der Waals surface area contributed by atoms with E-state index in [1.54, 1.807) is 0 Å². The van der Waals surface area contributed by atoms with Crippen LogP contribution in [-0.2, 0) is 19.1 Å². The molecule has 3 rings (SSSR count). The van der Waals surface area contributed by atoms with Gasteiger partial charge in [0.2, 0.25) is 5.91 Å². The van der Waals surface area contributed by atoms with E-state index in [-0.39, 0.29) is 18.0 Å². The summed E-state index contributed by atoms with van der Waals surface area (Å²) in [5.41, 5.74) is -0.592. The van der Waals surface area contributed by atoms with Crippen molar-refractivity contribution in [3.8, 4) is 0 Å². The van der Waals surface area contributed by atoms with E-state index in [0.29, 0.717) is 13.2 Å². The third-order valence-electron chi connectivity index (χ3n) is 4.68. The van der Waals surface area contributed by atoms with Crippen molar-refractivity contribution in [2.45, 2.75) is 44.8 Å². The number of likely N-dealkylation sites (tertiary alicyclic amines) is 1. The van der Waals surface area contributed by atoms with Gasteiger partial charge in [-0.2, -0.15) is 0 Å². The SMILES string of the molecule is CCCCN1C[C@]23C=C[C@@H](O2)[C@H](C(=O)OCCC)[C@@H]3C1=O. The molecule has 5 heteroatoms. The zero-order chi connectivity index (χ0) is 15.0. The average molecular weight is 293 g/mol. The first kappa shape index (κ1) is 14.6. The van der Waals surface area contributed by atoms with Gasteiger partial charge >= 0.3 is 5.97 Å². The van der Waals surface area contributed by atoms with Gasteiger partial charge in [0, 0.05) is 6.54 Å². The molecule has 0 radical (unpaired) electrons. The van der Waals surface area contributed by atoms with E-state index in [1.807, 2.05) is 24.0 Å². The highest BCUT2D eigenvalue weighted by Crippen LogP contribution is 2.52. The highest BCUT2D eigenvalue weighted by Gasteiger charge is 2.67. The molecule has 1 spiro atoms. The maximum absolute atomic E-state index is 12.7. The molecular formula is C16H23NO4. The largest absolute Gasteiger partial charge is 0.465 e. The highest BCUT2D eigenvalue weighted by molar-refractivity contribution is 5.91. The Morgan fingerprint density at radius 3 is 3.00 bits per heavy atom. The van der Waals surface area contributed by atoms with Gasteiger partial charge in [-0.25, -0.2) is 0 Å².